The van der Waals surface area contributed by atoms with Crippen molar-refractivity contribution in [2.45, 2.75) is 33.1 Å². The van der Waals surface area contributed by atoms with Crippen molar-refractivity contribution in [3.8, 4) is 0 Å². The number of benzene rings is 1. The lowest BCUT2D eigenvalue weighted by Gasteiger charge is -2.22. The lowest BCUT2D eigenvalue weighted by molar-refractivity contribution is -0.118. The fourth-order valence-electron chi connectivity index (χ4n) is 3.92. The van der Waals surface area contributed by atoms with Crippen LogP contribution in [0.3, 0.4) is 0 Å². The number of carbonyl (C=O) groups excluding carboxylic acids is 1. The van der Waals surface area contributed by atoms with Crippen LogP contribution in [0, 0.1) is 11.8 Å². The molecule has 1 aromatic rings. The molecule has 1 heterocycles. The second-order valence-electron chi connectivity index (χ2n) is 7.56. The molecule has 3 heteroatoms. The molecule has 0 amide bonds. The van der Waals surface area contributed by atoms with E-state index in [1.54, 1.807) is 0 Å². The number of ketones is 1. The summed E-state index contributed by atoms with van der Waals surface area (Å²) >= 11 is 0. The van der Waals surface area contributed by atoms with E-state index in [1.165, 1.54) is 16.3 Å². The number of nitrogens with zero attached hydrogens (tertiary/aromatic N) is 1. The lowest BCUT2D eigenvalue weighted by Crippen LogP contribution is -2.32. The van der Waals surface area contributed by atoms with Gasteiger partial charge in [-0.15, -0.1) is 0 Å². The number of likely N-dealkylation sites (tertiary alicyclic amines) is 1. The number of Topliss-reactive ketones (excluding diaryl/α,β-unsaturated/α-hetero) is 1. The monoisotopic (exact) mass is 299 g/mol. The Balaban J connectivity index is 1.84. The van der Waals surface area contributed by atoms with E-state index in [4.69, 9.17) is 0 Å². The van der Waals surface area contributed by atoms with E-state index in [0.717, 1.165) is 19.6 Å². The molecule has 1 fully saturated rings. The van der Waals surface area contributed by atoms with Gasteiger partial charge in [-0.25, -0.2) is 0 Å². The second-order valence-corrected chi connectivity index (χ2v) is 12.6. The summed E-state index contributed by atoms with van der Waals surface area (Å²) in [5.41, 5.74) is 2.84. The molecule has 2 atom stereocenters. The zero-order chi connectivity index (χ0) is 15.2. The van der Waals surface area contributed by atoms with E-state index in [2.05, 4.69) is 61.8 Å². The molecule has 2 nitrogen and oxygen atoms in total. The van der Waals surface area contributed by atoms with Crippen LogP contribution >= 0.6 is 0 Å². The van der Waals surface area contributed by atoms with E-state index in [-0.39, 0.29) is 5.92 Å². The number of hydrogen-bond donors (Lipinski definition) is 0. The maximum absolute atomic E-state index is 12.6. The van der Waals surface area contributed by atoms with Gasteiger partial charge in [-0.3, -0.25) is 9.69 Å². The van der Waals surface area contributed by atoms with Crippen molar-refractivity contribution in [2.75, 3.05) is 13.1 Å². The molecule has 0 aromatic heterocycles. The first-order valence-electron chi connectivity index (χ1n) is 7.92. The van der Waals surface area contributed by atoms with E-state index < -0.39 is 8.07 Å². The van der Waals surface area contributed by atoms with Crippen LogP contribution in [0.4, 0.5) is 0 Å². The van der Waals surface area contributed by atoms with Crippen molar-refractivity contribution in [1.29, 1.82) is 0 Å². The molecule has 1 aromatic carbocycles. The van der Waals surface area contributed by atoms with E-state index >= 15 is 0 Å². The van der Waals surface area contributed by atoms with E-state index in [9.17, 15) is 4.79 Å². The maximum atomic E-state index is 12.6. The van der Waals surface area contributed by atoms with Crippen LogP contribution in [0.15, 0.2) is 41.1 Å². The summed E-state index contributed by atoms with van der Waals surface area (Å²) in [7, 11) is -1.53. The second kappa shape index (κ2) is 5.22. The number of fused-ring (bicyclic) bond motifs is 1. The summed E-state index contributed by atoms with van der Waals surface area (Å²) in [6, 6.07) is 10.7. The molecule has 3 rings (SSSR count). The molecular weight excluding hydrogens is 274 g/mol. The first-order valence-corrected chi connectivity index (χ1v) is 11.4. The lowest BCUT2D eigenvalue weighted by atomic mass is 9.95. The Labute approximate surface area is 128 Å². The Bertz CT molecular complexity index is 585. The third-order valence-electron chi connectivity index (χ3n) is 4.88. The van der Waals surface area contributed by atoms with Gasteiger partial charge in [0.15, 0.2) is 5.78 Å². The molecule has 0 bridgehead atoms. The number of carbonyl (C=O) groups is 1. The predicted octanol–water partition coefficient (Wildman–Crippen LogP) is 3.51. The Morgan fingerprint density at radius 3 is 2.48 bits per heavy atom. The summed E-state index contributed by atoms with van der Waals surface area (Å²) < 4.78 is 0. The van der Waals surface area contributed by atoms with Gasteiger partial charge in [0.2, 0.25) is 0 Å². The van der Waals surface area contributed by atoms with Crippen molar-refractivity contribution in [1.82, 2.24) is 4.90 Å². The van der Waals surface area contributed by atoms with Gasteiger partial charge in [-0.1, -0.05) is 56.9 Å². The first-order chi connectivity index (χ1) is 9.88. The Morgan fingerprint density at radius 2 is 1.86 bits per heavy atom. The largest absolute Gasteiger partial charge is 0.295 e. The topological polar surface area (TPSA) is 20.3 Å². The van der Waals surface area contributed by atoms with Crippen LogP contribution in [0.25, 0.3) is 0 Å². The van der Waals surface area contributed by atoms with Gasteiger partial charge >= 0.3 is 0 Å². The normalized spacial score (nSPS) is 26.6. The number of hydrogen-bond acceptors (Lipinski definition) is 2. The minimum atomic E-state index is -1.53. The SMILES string of the molecule is CC1C(=O)C([Si](C)(C)C)=C2CN(Cc3ccccc3)CC21. The fourth-order valence-corrected chi connectivity index (χ4v) is 6.11. The predicted molar refractivity (Wildman–Crippen MR) is 89.8 cm³/mol. The van der Waals surface area contributed by atoms with Gasteiger partial charge < -0.3 is 0 Å². The zero-order valence-corrected chi connectivity index (χ0v) is 14.5. The zero-order valence-electron chi connectivity index (χ0n) is 13.5. The van der Waals surface area contributed by atoms with Crippen molar-refractivity contribution >= 4 is 13.9 Å². The minimum absolute atomic E-state index is 0.197. The van der Waals surface area contributed by atoms with Crippen molar-refractivity contribution < 1.29 is 4.79 Å². The Hall–Kier alpha value is -1.19. The highest BCUT2D eigenvalue weighted by molar-refractivity contribution is 6.87. The third kappa shape index (κ3) is 2.65. The number of rotatable bonds is 3. The van der Waals surface area contributed by atoms with Gasteiger partial charge in [-0.2, -0.15) is 0 Å². The summed E-state index contributed by atoms with van der Waals surface area (Å²) in [5.74, 6) is 1.12. The third-order valence-corrected chi connectivity index (χ3v) is 6.95. The highest BCUT2D eigenvalue weighted by Crippen LogP contribution is 2.43. The molecule has 2 unspecified atom stereocenters. The first kappa shape index (κ1) is 14.7. The minimum Gasteiger partial charge on any atom is -0.295 e. The number of allylic oxidation sites excluding steroid dienone is 1. The molecule has 0 N–H and O–H groups in total. The molecule has 1 aliphatic carbocycles. The van der Waals surface area contributed by atoms with Crippen LogP contribution in [-0.2, 0) is 11.3 Å². The molecule has 1 aliphatic heterocycles. The van der Waals surface area contributed by atoms with Crippen molar-refractivity contribution in [3.63, 3.8) is 0 Å². The molecule has 1 saturated heterocycles. The summed E-state index contributed by atoms with van der Waals surface area (Å²) in [5, 5.41) is 1.25. The van der Waals surface area contributed by atoms with Gasteiger partial charge in [0.05, 0.1) is 8.07 Å². The molecule has 0 spiro atoms. The maximum Gasteiger partial charge on any atom is 0.158 e. The van der Waals surface area contributed by atoms with E-state index in [1.807, 2.05) is 0 Å². The highest BCUT2D eigenvalue weighted by Gasteiger charge is 2.47. The average Bonchev–Trinajstić information content (AvgIpc) is 2.89. The molecule has 112 valence electrons. The standard InChI is InChI=1S/C18H25NOSi/c1-13-15-11-19(10-14-8-6-5-7-9-14)12-16(15)18(17(13)20)21(2,3)4/h5-9,13,15H,10-12H2,1-4H3. The molecule has 0 saturated carbocycles. The molecule has 0 radical (unpaired) electrons. The van der Waals surface area contributed by atoms with Crippen LogP contribution < -0.4 is 0 Å². The summed E-state index contributed by atoms with van der Waals surface area (Å²) in [4.78, 5) is 15.1. The summed E-state index contributed by atoms with van der Waals surface area (Å²) in [6.45, 7) is 12.1. The van der Waals surface area contributed by atoms with Gasteiger partial charge in [0, 0.05) is 31.5 Å². The molecule has 21 heavy (non-hydrogen) atoms. The van der Waals surface area contributed by atoms with Gasteiger partial charge in [-0.05, 0) is 16.3 Å². The van der Waals surface area contributed by atoms with Gasteiger partial charge in [0.1, 0.15) is 0 Å². The quantitative estimate of drug-likeness (QED) is 0.796. The van der Waals surface area contributed by atoms with Crippen LogP contribution in [-0.4, -0.2) is 31.8 Å². The Kier molecular flexibility index (Phi) is 3.66. The van der Waals surface area contributed by atoms with Gasteiger partial charge in [0.25, 0.3) is 0 Å². The van der Waals surface area contributed by atoms with Crippen molar-refractivity contribution in [3.05, 3.63) is 46.7 Å². The molecular formula is C18H25NOSi. The van der Waals surface area contributed by atoms with E-state index in [0.29, 0.717) is 11.7 Å². The van der Waals surface area contributed by atoms with Crippen LogP contribution in [0.2, 0.25) is 19.6 Å². The average molecular weight is 299 g/mol. The van der Waals surface area contributed by atoms with Crippen molar-refractivity contribution in [2.24, 2.45) is 11.8 Å². The highest BCUT2D eigenvalue weighted by atomic mass is 28.3. The van der Waals surface area contributed by atoms with Crippen LogP contribution in [0.1, 0.15) is 12.5 Å². The Morgan fingerprint density at radius 1 is 1.19 bits per heavy atom. The summed E-state index contributed by atoms with van der Waals surface area (Å²) in [6.07, 6.45) is 0. The molecule has 2 aliphatic rings. The fraction of sp³-hybridized carbons (Fsp3) is 0.500. The van der Waals surface area contributed by atoms with Crippen LogP contribution in [0.5, 0.6) is 0 Å². The smallest absolute Gasteiger partial charge is 0.158 e.